The Bertz CT molecular complexity index is 1500. The Morgan fingerprint density at radius 2 is 1.21 bits per heavy atom. The van der Waals surface area contributed by atoms with Crippen molar-refractivity contribution >= 4 is 12.2 Å². The summed E-state index contributed by atoms with van der Waals surface area (Å²) in [5.41, 5.74) is 3.43. The summed E-state index contributed by atoms with van der Waals surface area (Å²) in [4.78, 5) is 0. The number of methoxy groups -OCH3 is 2. The zero-order chi connectivity index (χ0) is 27.0. The molecule has 1 unspecified atom stereocenters. The van der Waals surface area contributed by atoms with Crippen LogP contribution in [-0.4, -0.2) is 39.8 Å². The largest absolute Gasteiger partial charge is 0.508 e. The molecule has 0 radical (unpaired) electrons. The minimum Gasteiger partial charge on any atom is -0.508 e. The van der Waals surface area contributed by atoms with Crippen molar-refractivity contribution in [1.82, 2.24) is 0 Å². The molecule has 2 atom stereocenters. The van der Waals surface area contributed by atoms with Crippen LogP contribution in [0.3, 0.4) is 0 Å². The minimum atomic E-state index is -0.600. The molecule has 0 fully saturated rings. The second kappa shape index (κ2) is 9.82. The van der Waals surface area contributed by atoms with Crippen molar-refractivity contribution in [2.24, 2.45) is 0 Å². The highest BCUT2D eigenvalue weighted by molar-refractivity contribution is 5.74. The van der Waals surface area contributed by atoms with E-state index in [1.54, 1.807) is 36.4 Å². The molecule has 0 aliphatic carbocycles. The lowest BCUT2D eigenvalue weighted by molar-refractivity contribution is 0.213. The molecule has 0 spiro atoms. The van der Waals surface area contributed by atoms with Gasteiger partial charge in [0.05, 0.1) is 20.1 Å². The summed E-state index contributed by atoms with van der Waals surface area (Å²) in [6, 6.07) is 17.3. The topological polar surface area (TPSA) is 129 Å². The van der Waals surface area contributed by atoms with Crippen molar-refractivity contribution in [2.75, 3.05) is 14.2 Å². The number of hydrogen-bond donors (Lipinski definition) is 5. The van der Waals surface area contributed by atoms with Crippen LogP contribution < -0.4 is 14.2 Å². The number of rotatable bonds is 6. The van der Waals surface area contributed by atoms with Gasteiger partial charge >= 0.3 is 0 Å². The second-order valence-electron chi connectivity index (χ2n) is 8.99. The molecule has 1 aliphatic heterocycles. The van der Waals surface area contributed by atoms with Crippen LogP contribution in [0, 0.1) is 0 Å². The molecule has 1 heterocycles. The summed E-state index contributed by atoms with van der Waals surface area (Å²) < 4.78 is 17.4. The molecule has 5 N–H and O–H groups in total. The van der Waals surface area contributed by atoms with Gasteiger partial charge in [-0.1, -0.05) is 18.2 Å². The van der Waals surface area contributed by atoms with Gasteiger partial charge in [-0.2, -0.15) is 0 Å². The lowest BCUT2D eigenvalue weighted by Crippen LogP contribution is -2.11. The van der Waals surface area contributed by atoms with E-state index in [2.05, 4.69) is 0 Å². The van der Waals surface area contributed by atoms with Gasteiger partial charge in [0.25, 0.3) is 0 Å². The van der Waals surface area contributed by atoms with E-state index in [1.165, 1.54) is 44.6 Å². The number of phenolic OH excluding ortho intramolecular Hbond substituents is 5. The van der Waals surface area contributed by atoms with E-state index in [-0.39, 0.29) is 34.5 Å². The Balaban J connectivity index is 1.65. The van der Waals surface area contributed by atoms with Crippen molar-refractivity contribution in [2.45, 2.75) is 12.0 Å². The third kappa shape index (κ3) is 4.71. The van der Waals surface area contributed by atoms with Crippen LogP contribution in [0.1, 0.15) is 39.8 Å². The predicted octanol–water partition coefficient (Wildman–Crippen LogP) is 5.67. The lowest BCUT2D eigenvalue weighted by atomic mass is 9.84. The molecule has 4 aromatic carbocycles. The first kappa shape index (κ1) is 24.7. The van der Waals surface area contributed by atoms with Gasteiger partial charge in [0.15, 0.2) is 23.0 Å². The van der Waals surface area contributed by atoms with Gasteiger partial charge in [0.2, 0.25) is 0 Å². The molecule has 0 aromatic heterocycles. The highest BCUT2D eigenvalue weighted by atomic mass is 16.5. The summed E-state index contributed by atoms with van der Waals surface area (Å²) in [6.07, 6.45) is 2.95. The third-order valence-electron chi connectivity index (χ3n) is 6.42. The van der Waals surface area contributed by atoms with Crippen LogP contribution in [0.2, 0.25) is 0 Å². The van der Waals surface area contributed by atoms with E-state index in [1.807, 2.05) is 12.1 Å². The summed E-state index contributed by atoms with van der Waals surface area (Å²) in [5.74, 6) is 0.480. The highest BCUT2D eigenvalue weighted by Crippen LogP contribution is 2.54. The number of benzene rings is 4. The predicted molar refractivity (Wildman–Crippen MR) is 141 cm³/mol. The van der Waals surface area contributed by atoms with Gasteiger partial charge in [-0.05, 0) is 70.8 Å². The fraction of sp³-hybridized carbons (Fsp3) is 0.133. The van der Waals surface area contributed by atoms with Gasteiger partial charge in [0.1, 0.15) is 29.1 Å². The first-order valence-corrected chi connectivity index (χ1v) is 11.7. The van der Waals surface area contributed by atoms with E-state index in [0.717, 1.165) is 11.1 Å². The fourth-order valence-electron chi connectivity index (χ4n) is 4.80. The third-order valence-corrected chi connectivity index (χ3v) is 6.42. The Labute approximate surface area is 218 Å². The molecule has 38 heavy (non-hydrogen) atoms. The molecule has 5 rings (SSSR count). The maximum Gasteiger partial charge on any atom is 0.166 e. The van der Waals surface area contributed by atoms with Gasteiger partial charge in [-0.3, -0.25) is 0 Å². The van der Waals surface area contributed by atoms with E-state index in [9.17, 15) is 25.5 Å². The van der Waals surface area contributed by atoms with Crippen LogP contribution in [0.25, 0.3) is 12.2 Å². The van der Waals surface area contributed by atoms with E-state index < -0.39 is 12.0 Å². The average molecular weight is 515 g/mol. The Morgan fingerprint density at radius 1 is 0.632 bits per heavy atom. The molecule has 194 valence electrons. The fourth-order valence-corrected chi connectivity index (χ4v) is 4.80. The summed E-state index contributed by atoms with van der Waals surface area (Å²) >= 11 is 0. The van der Waals surface area contributed by atoms with Crippen molar-refractivity contribution < 1.29 is 39.7 Å². The second-order valence-corrected chi connectivity index (χ2v) is 8.99. The molecule has 0 saturated heterocycles. The van der Waals surface area contributed by atoms with Crippen LogP contribution in [-0.2, 0) is 0 Å². The van der Waals surface area contributed by atoms with Crippen molar-refractivity contribution in [3.63, 3.8) is 0 Å². The molecular weight excluding hydrogens is 488 g/mol. The van der Waals surface area contributed by atoms with Gasteiger partial charge in [0, 0.05) is 17.7 Å². The van der Waals surface area contributed by atoms with Crippen LogP contribution >= 0.6 is 0 Å². The van der Waals surface area contributed by atoms with Gasteiger partial charge < -0.3 is 39.7 Å². The molecule has 0 bridgehead atoms. The number of ether oxygens (including phenoxy) is 3. The van der Waals surface area contributed by atoms with Gasteiger partial charge in [-0.25, -0.2) is 0 Å². The number of hydrogen-bond acceptors (Lipinski definition) is 8. The zero-order valence-electron chi connectivity index (χ0n) is 20.6. The summed E-state index contributed by atoms with van der Waals surface area (Å²) in [7, 11) is 2.99. The molecule has 0 saturated carbocycles. The molecule has 8 nitrogen and oxygen atoms in total. The maximum absolute atomic E-state index is 10.3. The standard InChI is InChI=1S/C30H26O8/c1-36-26-13-18(5-6-25(26)35)29-28(19-11-22(33)15-23(34)12-19)24-9-17(10-27(37-2)30(24)38-29)4-3-16-7-20(31)14-21(32)8-16/h3-15,28-29,31-35H,1-2H3/b4-3+/t28-,29?/m0/s1. The number of fused-ring (bicyclic) bond motifs is 1. The quantitative estimate of drug-likeness (QED) is 0.208. The number of aromatic hydroxyl groups is 5. The van der Waals surface area contributed by atoms with E-state index in [4.69, 9.17) is 14.2 Å². The smallest absolute Gasteiger partial charge is 0.166 e. The first-order valence-electron chi connectivity index (χ1n) is 11.7. The van der Waals surface area contributed by atoms with Crippen LogP contribution in [0.4, 0.5) is 0 Å². The number of phenols is 5. The van der Waals surface area contributed by atoms with Crippen molar-refractivity contribution in [3.8, 4) is 46.0 Å². The summed E-state index contributed by atoms with van der Waals surface area (Å²) in [6.45, 7) is 0. The Morgan fingerprint density at radius 3 is 1.82 bits per heavy atom. The minimum absolute atomic E-state index is 0.0127. The van der Waals surface area contributed by atoms with Crippen molar-refractivity contribution in [1.29, 1.82) is 0 Å². The Kier molecular flexibility index (Phi) is 6.38. The SMILES string of the molecule is COc1cc(C2Oc3c(OC)cc(/C=C/c4cc(O)cc(O)c4)cc3[C@@H]2c2cc(O)cc(O)c2)ccc1O. The normalized spacial score (nSPS) is 16.3. The molecule has 0 amide bonds. The van der Waals surface area contributed by atoms with Crippen LogP contribution in [0.15, 0.2) is 66.7 Å². The molecule has 1 aliphatic rings. The Hall–Kier alpha value is -4.98. The molecular formula is C30H26O8. The van der Waals surface area contributed by atoms with Crippen LogP contribution in [0.5, 0.6) is 46.0 Å². The molecule has 8 heteroatoms. The molecule has 4 aromatic rings. The van der Waals surface area contributed by atoms with Crippen molar-refractivity contribution in [3.05, 3.63) is 94.5 Å². The summed E-state index contributed by atoms with van der Waals surface area (Å²) in [5, 5.41) is 50.2. The van der Waals surface area contributed by atoms with Gasteiger partial charge in [-0.15, -0.1) is 0 Å². The van der Waals surface area contributed by atoms with E-state index >= 15 is 0 Å². The zero-order valence-corrected chi connectivity index (χ0v) is 20.6. The first-order chi connectivity index (χ1) is 18.2. The monoisotopic (exact) mass is 514 g/mol. The highest BCUT2D eigenvalue weighted by Gasteiger charge is 2.39. The van der Waals surface area contributed by atoms with E-state index in [0.29, 0.717) is 28.2 Å². The maximum atomic E-state index is 10.3. The lowest BCUT2D eigenvalue weighted by Gasteiger charge is -2.21. The average Bonchev–Trinajstić information content (AvgIpc) is 3.25.